The molecule has 0 atom stereocenters. The van der Waals surface area contributed by atoms with Crippen LogP contribution in [0.1, 0.15) is 0 Å². The van der Waals surface area contributed by atoms with Gasteiger partial charge in [0.25, 0.3) is 0 Å². The Kier molecular flexibility index (Phi) is 4.24. The standard InChI is InChI=1S/C34H18N2O4/c1-3-23-25-15-19(6-10-31(25)39-33(23)35-13-1)20-5-9-29-26(16-20)28-18-22(7-11-30(28)38-29)37-21-8-12-32-27(17-21)24-4-2-14-36-34(24)40-32/h1-18H. The Morgan fingerprint density at radius 3 is 1.45 bits per heavy atom. The topological polar surface area (TPSA) is 74.4 Å². The molecule has 9 aromatic rings. The summed E-state index contributed by atoms with van der Waals surface area (Å²) in [6, 6.07) is 32.1. The summed E-state index contributed by atoms with van der Waals surface area (Å²) in [6.07, 6.45) is 3.48. The quantitative estimate of drug-likeness (QED) is 0.232. The first kappa shape index (κ1) is 21.3. The number of benzene rings is 4. The second kappa shape index (κ2) is 7.94. The number of pyridine rings is 2. The summed E-state index contributed by atoms with van der Waals surface area (Å²) in [6.45, 7) is 0. The van der Waals surface area contributed by atoms with Gasteiger partial charge in [0.1, 0.15) is 33.8 Å². The maximum absolute atomic E-state index is 6.31. The predicted molar refractivity (Wildman–Crippen MR) is 156 cm³/mol. The SMILES string of the molecule is c1cnc2oc3ccc(Oc4ccc5oc6ccc(-c7ccc8oc9ncccc9c8c7)cc6c5c4)cc3c2c1. The molecule has 0 aliphatic rings. The summed E-state index contributed by atoms with van der Waals surface area (Å²) in [4.78, 5) is 8.67. The lowest BCUT2D eigenvalue weighted by Crippen LogP contribution is -1.84. The van der Waals surface area contributed by atoms with Crippen molar-refractivity contribution in [1.29, 1.82) is 0 Å². The highest BCUT2D eigenvalue weighted by Gasteiger charge is 2.14. The van der Waals surface area contributed by atoms with E-state index in [1.54, 1.807) is 12.4 Å². The first-order chi connectivity index (χ1) is 19.8. The Labute approximate surface area is 226 Å². The summed E-state index contributed by atoms with van der Waals surface area (Å²) in [7, 11) is 0. The van der Waals surface area contributed by atoms with Gasteiger partial charge >= 0.3 is 0 Å². The van der Waals surface area contributed by atoms with Crippen LogP contribution < -0.4 is 4.74 Å². The molecular weight excluding hydrogens is 500 g/mol. The first-order valence-corrected chi connectivity index (χ1v) is 13.0. The van der Waals surface area contributed by atoms with Crippen molar-refractivity contribution in [3.63, 3.8) is 0 Å². The van der Waals surface area contributed by atoms with Crippen LogP contribution in [0, 0.1) is 0 Å². The average Bonchev–Trinajstić information content (AvgIpc) is 3.67. The van der Waals surface area contributed by atoms with Crippen LogP contribution in [0.25, 0.3) is 77.2 Å². The summed E-state index contributed by atoms with van der Waals surface area (Å²) in [5, 5.41) is 6.01. The second-order valence-corrected chi connectivity index (χ2v) is 9.86. The van der Waals surface area contributed by atoms with Gasteiger partial charge in [-0.2, -0.15) is 0 Å². The van der Waals surface area contributed by atoms with Gasteiger partial charge < -0.3 is 18.0 Å². The Hall–Kier alpha value is -5.62. The van der Waals surface area contributed by atoms with Crippen molar-refractivity contribution in [1.82, 2.24) is 9.97 Å². The largest absolute Gasteiger partial charge is 0.457 e. The van der Waals surface area contributed by atoms with Gasteiger partial charge in [-0.1, -0.05) is 12.1 Å². The van der Waals surface area contributed by atoms with Gasteiger partial charge in [0.15, 0.2) is 0 Å². The Morgan fingerprint density at radius 1 is 0.425 bits per heavy atom. The van der Waals surface area contributed by atoms with Crippen LogP contribution in [0.15, 0.2) is 123 Å². The predicted octanol–water partition coefficient (Wildman–Crippen LogP) is 9.63. The van der Waals surface area contributed by atoms with Crippen LogP contribution in [0.2, 0.25) is 0 Å². The summed E-state index contributed by atoms with van der Waals surface area (Å²) in [5.41, 5.74) is 6.70. The van der Waals surface area contributed by atoms with Crippen LogP contribution in [-0.2, 0) is 0 Å². The van der Waals surface area contributed by atoms with Crippen molar-refractivity contribution in [3.8, 4) is 22.6 Å². The number of aromatic nitrogens is 2. The molecule has 0 saturated heterocycles. The molecule has 0 aliphatic heterocycles. The molecule has 0 saturated carbocycles. The van der Waals surface area contributed by atoms with E-state index in [9.17, 15) is 0 Å². The zero-order chi connectivity index (χ0) is 26.2. The molecule has 4 aromatic carbocycles. The third-order valence-electron chi connectivity index (χ3n) is 7.48. The first-order valence-electron chi connectivity index (χ1n) is 13.0. The van der Waals surface area contributed by atoms with Crippen LogP contribution in [0.3, 0.4) is 0 Å². The van der Waals surface area contributed by atoms with E-state index in [4.69, 9.17) is 18.0 Å². The lowest BCUT2D eigenvalue weighted by atomic mass is 10.0. The third-order valence-corrected chi connectivity index (χ3v) is 7.48. The van der Waals surface area contributed by atoms with Crippen molar-refractivity contribution < 1.29 is 18.0 Å². The Morgan fingerprint density at radius 2 is 0.875 bits per heavy atom. The molecule has 188 valence electrons. The fourth-order valence-corrected chi connectivity index (χ4v) is 5.58. The van der Waals surface area contributed by atoms with E-state index in [-0.39, 0.29) is 0 Å². The molecule has 0 N–H and O–H groups in total. The average molecular weight is 519 g/mol. The van der Waals surface area contributed by atoms with Crippen molar-refractivity contribution in [3.05, 3.63) is 109 Å². The van der Waals surface area contributed by atoms with E-state index in [0.717, 1.165) is 77.3 Å². The van der Waals surface area contributed by atoms with Crippen LogP contribution in [-0.4, -0.2) is 9.97 Å². The van der Waals surface area contributed by atoms with E-state index < -0.39 is 0 Å². The number of ether oxygens (including phenoxy) is 1. The van der Waals surface area contributed by atoms with Crippen LogP contribution in [0.5, 0.6) is 11.5 Å². The van der Waals surface area contributed by atoms with E-state index >= 15 is 0 Å². The lowest BCUT2D eigenvalue weighted by Gasteiger charge is -2.06. The lowest BCUT2D eigenvalue weighted by molar-refractivity contribution is 0.483. The van der Waals surface area contributed by atoms with Gasteiger partial charge in [0, 0.05) is 44.7 Å². The van der Waals surface area contributed by atoms with Gasteiger partial charge in [-0.25, -0.2) is 9.97 Å². The maximum Gasteiger partial charge on any atom is 0.227 e. The van der Waals surface area contributed by atoms with Crippen molar-refractivity contribution in [2.45, 2.75) is 0 Å². The molecule has 0 spiro atoms. The molecule has 6 heteroatoms. The summed E-state index contributed by atoms with van der Waals surface area (Å²) in [5.74, 6) is 1.45. The number of hydrogen-bond acceptors (Lipinski definition) is 6. The minimum Gasteiger partial charge on any atom is -0.457 e. The normalized spacial score (nSPS) is 12.0. The van der Waals surface area contributed by atoms with Crippen molar-refractivity contribution in [2.24, 2.45) is 0 Å². The fraction of sp³-hybridized carbons (Fsp3) is 0. The monoisotopic (exact) mass is 518 g/mol. The highest BCUT2D eigenvalue weighted by Crippen LogP contribution is 2.38. The number of rotatable bonds is 3. The molecule has 0 fully saturated rings. The molecule has 40 heavy (non-hydrogen) atoms. The highest BCUT2D eigenvalue weighted by molar-refractivity contribution is 6.08. The molecule has 0 aliphatic carbocycles. The van der Waals surface area contributed by atoms with Crippen LogP contribution in [0.4, 0.5) is 0 Å². The van der Waals surface area contributed by atoms with Crippen molar-refractivity contribution in [2.75, 3.05) is 0 Å². The third kappa shape index (κ3) is 3.16. The maximum atomic E-state index is 6.31. The zero-order valence-electron chi connectivity index (χ0n) is 20.9. The molecule has 0 amide bonds. The molecule has 0 radical (unpaired) electrons. The van der Waals surface area contributed by atoms with Gasteiger partial charge in [-0.15, -0.1) is 0 Å². The zero-order valence-corrected chi connectivity index (χ0v) is 20.9. The Balaban J connectivity index is 1.13. The minimum absolute atomic E-state index is 0.619. The van der Waals surface area contributed by atoms with E-state index in [2.05, 4.69) is 34.2 Å². The minimum atomic E-state index is 0.619. The smallest absolute Gasteiger partial charge is 0.227 e. The van der Waals surface area contributed by atoms with Gasteiger partial charge in [-0.05, 0) is 96.1 Å². The van der Waals surface area contributed by atoms with Gasteiger partial charge in [-0.3, -0.25) is 0 Å². The second-order valence-electron chi connectivity index (χ2n) is 9.86. The van der Waals surface area contributed by atoms with Crippen molar-refractivity contribution >= 4 is 66.1 Å². The molecule has 5 aromatic heterocycles. The van der Waals surface area contributed by atoms with E-state index in [0.29, 0.717) is 11.4 Å². The molecule has 5 heterocycles. The summed E-state index contributed by atoms with van der Waals surface area (Å²) < 4.78 is 24.2. The van der Waals surface area contributed by atoms with E-state index in [1.165, 1.54) is 0 Å². The molecule has 0 unspecified atom stereocenters. The number of nitrogens with zero attached hydrogens (tertiary/aromatic N) is 2. The summed E-state index contributed by atoms with van der Waals surface area (Å²) >= 11 is 0. The highest BCUT2D eigenvalue weighted by atomic mass is 16.5. The van der Waals surface area contributed by atoms with Crippen LogP contribution >= 0.6 is 0 Å². The number of fused-ring (bicyclic) bond motifs is 9. The molecule has 0 bridgehead atoms. The Bertz CT molecular complexity index is 2430. The fourth-order valence-electron chi connectivity index (χ4n) is 5.58. The molecular formula is C34H18N2O4. The molecule has 9 rings (SSSR count). The van der Waals surface area contributed by atoms with Gasteiger partial charge in [0.2, 0.25) is 11.4 Å². The molecule has 6 nitrogen and oxygen atoms in total. The van der Waals surface area contributed by atoms with E-state index in [1.807, 2.05) is 72.8 Å². The number of furan rings is 3. The van der Waals surface area contributed by atoms with Gasteiger partial charge in [0.05, 0.1) is 0 Å². The number of hydrogen-bond donors (Lipinski definition) is 0.